The fourth-order valence-electron chi connectivity index (χ4n) is 3.54. The van der Waals surface area contributed by atoms with Gasteiger partial charge in [-0.15, -0.1) is 0 Å². The molecule has 0 heterocycles. The van der Waals surface area contributed by atoms with Gasteiger partial charge in [-0.3, -0.25) is 14.3 Å². The smallest absolute Gasteiger partial charge is 0.261 e. The van der Waals surface area contributed by atoms with Gasteiger partial charge in [0.2, 0.25) is 0 Å². The third kappa shape index (κ3) is 6.17. The van der Waals surface area contributed by atoms with Crippen LogP contribution >= 0.6 is 0 Å². The first kappa shape index (κ1) is 24.7. The topological polar surface area (TPSA) is 104 Å². The largest absolute Gasteiger partial charge is 0.336 e. The molecule has 3 N–H and O–H groups in total. The Bertz CT molecular complexity index is 1460. The third-order valence-corrected chi connectivity index (χ3v) is 6.80. The molecular weight excluding hydrogens is 474 g/mol. The number of anilines is 2. The normalized spacial score (nSPS) is 11.8. The molecule has 182 valence electrons. The summed E-state index contributed by atoms with van der Waals surface area (Å²) in [4.78, 5) is 26.2. The van der Waals surface area contributed by atoms with Crippen LogP contribution in [0.15, 0.2) is 114 Å². The van der Waals surface area contributed by atoms with Gasteiger partial charge in [-0.25, -0.2) is 8.42 Å². The van der Waals surface area contributed by atoms with Crippen LogP contribution in [0.3, 0.4) is 0 Å². The molecule has 7 nitrogen and oxygen atoms in total. The van der Waals surface area contributed by atoms with Crippen molar-refractivity contribution >= 4 is 33.2 Å². The second kappa shape index (κ2) is 10.9. The molecule has 4 aromatic rings. The number of hydrogen-bond acceptors (Lipinski definition) is 4. The van der Waals surface area contributed by atoms with Crippen LogP contribution in [0.2, 0.25) is 0 Å². The Labute approximate surface area is 210 Å². The lowest BCUT2D eigenvalue weighted by molar-refractivity contribution is -0.118. The number of carbonyl (C=O) groups excluding carboxylic acids is 2. The summed E-state index contributed by atoms with van der Waals surface area (Å²) in [6, 6.07) is 29.4. The van der Waals surface area contributed by atoms with E-state index in [4.69, 9.17) is 0 Å². The van der Waals surface area contributed by atoms with Crippen molar-refractivity contribution in [3.8, 4) is 0 Å². The summed E-state index contributed by atoms with van der Waals surface area (Å²) in [5, 5.41) is 5.54. The molecule has 0 saturated heterocycles. The number of nitrogens with one attached hydrogen (secondary N) is 3. The predicted octanol–water partition coefficient (Wildman–Crippen LogP) is 4.91. The molecule has 4 rings (SSSR count). The fourth-order valence-corrected chi connectivity index (χ4v) is 4.64. The van der Waals surface area contributed by atoms with Gasteiger partial charge in [-0.1, -0.05) is 72.3 Å². The maximum absolute atomic E-state index is 13.2. The average Bonchev–Trinajstić information content (AvgIpc) is 2.89. The standard InChI is InChI=1S/C28H25N3O4S/c1-20-15-17-24(18-16-20)31-36(34,35)25-14-8-11-22(19-25)27(32)30-26(21-9-4-2-5-10-21)28(33)29-23-12-6-3-7-13-23/h2-19,26,31H,1H3,(H,29,33)(H,30,32). The van der Waals surface area contributed by atoms with Crippen LogP contribution in [0.1, 0.15) is 27.5 Å². The van der Waals surface area contributed by atoms with Crippen LogP contribution in [0.25, 0.3) is 0 Å². The van der Waals surface area contributed by atoms with Crippen LogP contribution in [0.4, 0.5) is 11.4 Å². The number of benzene rings is 4. The van der Waals surface area contributed by atoms with E-state index < -0.39 is 27.9 Å². The van der Waals surface area contributed by atoms with Crippen LogP contribution in [-0.4, -0.2) is 20.2 Å². The summed E-state index contributed by atoms with van der Waals surface area (Å²) in [5.41, 5.74) is 2.70. The number of sulfonamides is 1. The molecule has 0 fully saturated rings. The zero-order valence-electron chi connectivity index (χ0n) is 19.5. The van der Waals surface area contributed by atoms with Crippen molar-refractivity contribution in [2.75, 3.05) is 10.0 Å². The molecule has 36 heavy (non-hydrogen) atoms. The molecule has 2 amide bonds. The minimum atomic E-state index is -3.93. The van der Waals surface area contributed by atoms with Crippen LogP contribution in [0.5, 0.6) is 0 Å². The van der Waals surface area contributed by atoms with E-state index in [9.17, 15) is 18.0 Å². The molecule has 1 unspecified atom stereocenters. The predicted molar refractivity (Wildman–Crippen MR) is 140 cm³/mol. The van der Waals surface area contributed by atoms with E-state index in [-0.39, 0.29) is 10.5 Å². The zero-order chi connectivity index (χ0) is 25.5. The highest BCUT2D eigenvalue weighted by atomic mass is 32.2. The Morgan fingerprint density at radius 2 is 1.36 bits per heavy atom. The van der Waals surface area contributed by atoms with Gasteiger partial charge in [-0.2, -0.15) is 0 Å². The van der Waals surface area contributed by atoms with Gasteiger partial charge >= 0.3 is 0 Å². The maximum Gasteiger partial charge on any atom is 0.261 e. The highest BCUT2D eigenvalue weighted by Crippen LogP contribution is 2.20. The van der Waals surface area contributed by atoms with Crippen molar-refractivity contribution < 1.29 is 18.0 Å². The Hall–Kier alpha value is -4.43. The highest BCUT2D eigenvalue weighted by Gasteiger charge is 2.24. The van der Waals surface area contributed by atoms with E-state index in [1.54, 1.807) is 72.8 Å². The van der Waals surface area contributed by atoms with E-state index in [1.165, 1.54) is 24.3 Å². The van der Waals surface area contributed by atoms with Crippen molar-refractivity contribution in [2.45, 2.75) is 17.9 Å². The van der Waals surface area contributed by atoms with Gasteiger partial charge in [0, 0.05) is 16.9 Å². The fraction of sp³-hybridized carbons (Fsp3) is 0.0714. The number of rotatable bonds is 8. The quantitative estimate of drug-likeness (QED) is 0.321. The lowest BCUT2D eigenvalue weighted by Crippen LogP contribution is -2.37. The SMILES string of the molecule is Cc1ccc(NS(=O)(=O)c2cccc(C(=O)NC(C(=O)Nc3ccccc3)c3ccccc3)c2)cc1. The van der Waals surface area contributed by atoms with Crippen molar-refractivity contribution in [3.63, 3.8) is 0 Å². The summed E-state index contributed by atoms with van der Waals surface area (Å²) >= 11 is 0. The van der Waals surface area contributed by atoms with Crippen LogP contribution in [-0.2, 0) is 14.8 Å². The van der Waals surface area contributed by atoms with Gasteiger partial charge in [0.1, 0.15) is 6.04 Å². The van der Waals surface area contributed by atoms with Gasteiger partial charge in [0.15, 0.2) is 0 Å². The summed E-state index contributed by atoms with van der Waals surface area (Å²) < 4.78 is 28.3. The molecule has 0 spiro atoms. The molecule has 4 aromatic carbocycles. The molecule has 0 aliphatic carbocycles. The average molecular weight is 500 g/mol. The molecule has 8 heteroatoms. The summed E-state index contributed by atoms with van der Waals surface area (Å²) in [6.07, 6.45) is 0. The molecule has 0 aliphatic heterocycles. The lowest BCUT2D eigenvalue weighted by atomic mass is 10.1. The Kier molecular flexibility index (Phi) is 7.46. The number of carbonyl (C=O) groups is 2. The minimum absolute atomic E-state index is 0.0688. The monoisotopic (exact) mass is 499 g/mol. The molecule has 0 saturated carbocycles. The molecule has 1 atom stereocenters. The second-order valence-electron chi connectivity index (χ2n) is 8.17. The Balaban J connectivity index is 1.56. The first-order valence-electron chi connectivity index (χ1n) is 11.2. The summed E-state index contributed by atoms with van der Waals surface area (Å²) in [5.74, 6) is -1.01. The van der Waals surface area contributed by atoms with Crippen molar-refractivity contribution in [2.24, 2.45) is 0 Å². The summed E-state index contributed by atoms with van der Waals surface area (Å²) in [7, 11) is -3.93. The van der Waals surface area contributed by atoms with E-state index in [0.717, 1.165) is 5.56 Å². The molecule has 0 aliphatic rings. The van der Waals surface area contributed by atoms with Crippen LogP contribution in [0, 0.1) is 6.92 Å². The first-order chi connectivity index (χ1) is 17.3. The minimum Gasteiger partial charge on any atom is -0.336 e. The first-order valence-corrected chi connectivity index (χ1v) is 12.7. The Morgan fingerprint density at radius 3 is 2.03 bits per heavy atom. The Morgan fingerprint density at radius 1 is 0.722 bits per heavy atom. The number of para-hydroxylation sites is 1. The third-order valence-electron chi connectivity index (χ3n) is 5.42. The number of hydrogen-bond donors (Lipinski definition) is 3. The highest BCUT2D eigenvalue weighted by molar-refractivity contribution is 7.92. The molecule has 0 radical (unpaired) electrons. The van der Waals surface area contributed by atoms with Gasteiger partial charge in [0.25, 0.3) is 21.8 Å². The molecule has 0 bridgehead atoms. The zero-order valence-corrected chi connectivity index (χ0v) is 20.3. The number of amides is 2. The van der Waals surface area contributed by atoms with E-state index in [1.807, 2.05) is 19.1 Å². The van der Waals surface area contributed by atoms with Gasteiger partial charge in [0.05, 0.1) is 4.90 Å². The summed E-state index contributed by atoms with van der Waals surface area (Å²) in [6.45, 7) is 1.91. The van der Waals surface area contributed by atoms with Crippen LogP contribution < -0.4 is 15.4 Å². The van der Waals surface area contributed by atoms with E-state index in [0.29, 0.717) is 16.9 Å². The van der Waals surface area contributed by atoms with E-state index in [2.05, 4.69) is 15.4 Å². The maximum atomic E-state index is 13.2. The number of aryl methyl sites for hydroxylation is 1. The van der Waals surface area contributed by atoms with Gasteiger partial charge < -0.3 is 10.6 Å². The van der Waals surface area contributed by atoms with E-state index >= 15 is 0 Å². The van der Waals surface area contributed by atoms with Gasteiger partial charge in [-0.05, 0) is 55.0 Å². The second-order valence-corrected chi connectivity index (χ2v) is 9.85. The van der Waals surface area contributed by atoms with Crippen molar-refractivity contribution in [1.29, 1.82) is 0 Å². The lowest BCUT2D eigenvalue weighted by Gasteiger charge is -2.19. The van der Waals surface area contributed by atoms with Crippen molar-refractivity contribution in [3.05, 3.63) is 126 Å². The molecular formula is C28H25N3O4S. The van der Waals surface area contributed by atoms with Crippen molar-refractivity contribution in [1.82, 2.24) is 5.32 Å². The molecule has 0 aromatic heterocycles.